The fourth-order valence-corrected chi connectivity index (χ4v) is 1.86. The van der Waals surface area contributed by atoms with Crippen molar-refractivity contribution in [2.75, 3.05) is 23.9 Å². The zero-order chi connectivity index (χ0) is 12.4. The maximum Gasteiger partial charge on any atom is 0.445 e. The lowest BCUT2D eigenvalue weighted by Gasteiger charge is -2.00. The van der Waals surface area contributed by atoms with Crippen molar-refractivity contribution in [2.24, 2.45) is 0 Å². The smallest absolute Gasteiger partial charge is 0.359 e. The van der Waals surface area contributed by atoms with Gasteiger partial charge in [0.05, 0.1) is 5.75 Å². The Morgan fingerprint density at radius 2 is 2.00 bits per heavy atom. The molecule has 0 aromatic carbocycles. The van der Waals surface area contributed by atoms with Crippen LogP contribution in [0, 0.1) is 0 Å². The Balaban J connectivity index is 2.54. The molecule has 1 heterocycles. The Morgan fingerprint density at radius 3 is 2.44 bits per heavy atom. The highest BCUT2D eigenvalue weighted by atomic mass is 32.2. The van der Waals surface area contributed by atoms with Gasteiger partial charge in [0.25, 0.3) is 0 Å². The van der Waals surface area contributed by atoms with E-state index < -0.39 is 21.0 Å². The number of nitrogens with zero attached hydrogens (tertiary/aromatic N) is 2. The fraction of sp³-hybridized carbons (Fsp3) is 0.667. The standard InChI is InChI=1S/C6H8F3N3O2S2/c1-16(13,14)3-2-10-5-12-11-4(15-5)6(7,8)9/h2-3H2,1H3,(H,10,12). The van der Waals surface area contributed by atoms with Crippen molar-refractivity contribution in [1.82, 2.24) is 10.2 Å². The molecule has 1 aromatic heterocycles. The van der Waals surface area contributed by atoms with Crippen molar-refractivity contribution in [2.45, 2.75) is 6.18 Å². The first-order valence-electron chi connectivity index (χ1n) is 4.01. The number of sulfone groups is 1. The molecule has 0 aliphatic rings. The molecular weight excluding hydrogens is 267 g/mol. The topological polar surface area (TPSA) is 72.0 Å². The van der Waals surface area contributed by atoms with Gasteiger partial charge in [-0.2, -0.15) is 13.2 Å². The molecular formula is C6H8F3N3O2S2. The fourth-order valence-electron chi connectivity index (χ4n) is 0.753. The van der Waals surface area contributed by atoms with Gasteiger partial charge in [-0.1, -0.05) is 11.3 Å². The second-order valence-electron chi connectivity index (χ2n) is 2.97. The quantitative estimate of drug-likeness (QED) is 0.888. The molecule has 0 aliphatic carbocycles. The van der Waals surface area contributed by atoms with E-state index in [1.807, 2.05) is 0 Å². The third-order valence-corrected chi connectivity index (χ3v) is 3.29. The summed E-state index contributed by atoms with van der Waals surface area (Å²) in [5.41, 5.74) is 0. The molecule has 0 fully saturated rings. The molecule has 16 heavy (non-hydrogen) atoms. The van der Waals surface area contributed by atoms with Gasteiger partial charge in [0.15, 0.2) is 0 Å². The highest BCUT2D eigenvalue weighted by molar-refractivity contribution is 7.90. The number of anilines is 1. The largest absolute Gasteiger partial charge is 0.445 e. The Labute approximate surface area is 93.6 Å². The van der Waals surface area contributed by atoms with E-state index >= 15 is 0 Å². The molecule has 0 aliphatic heterocycles. The van der Waals surface area contributed by atoms with Crippen LogP contribution < -0.4 is 5.32 Å². The van der Waals surface area contributed by atoms with Gasteiger partial charge >= 0.3 is 6.18 Å². The van der Waals surface area contributed by atoms with Crippen molar-refractivity contribution >= 4 is 26.3 Å². The minimum absolute atomic E-state index is 0.00528. The highest BCUT2D eigenvalue weighted by Crippen LogP contribution is 2.32. The molecule has 5 nitrogen and oxygen atoms in total. The van der Waals surface area contributed by atoms with Gasteiger partial charge in [0.1, 0.15) is 9.84 Å². The predicted octanol–water partition coefficient (Wildman–Crippen LogP) is 1.01. The van der Waals surface area contributed by atoms with Crippen molar-refractivity contribution in [3.63, 3.8) is 0 Å². The molecule has 0 spiro atoms. The van der Waals surface area contributed by atoms with Crippen molar-refractivity contribution < 1.29 is 21.6 Å². The number of hydrogen-bond donors (Lipinski definition) is 1. The zero-order valence-corrected chi connectivity index (χ0v) is 9.71. The Hall–Kier alpha value is -0.900. The molecule has 0 bridgehead atoms. The van der Waals surface area contributed by atoms with Crippen LogP contribution in [-0.2, 0) is 16.0 Å². The summed E-state index contributed by atoms with van der Waals surface area (Å²) in [5.74, 6) is -0.173. The van der Waals surface area contributed by atoms with Gasteiger partial charge in [-0.3, -0.25) is 0 Å². The molecule has 1 N–H and O–H groups in total. The van der Waals surface area contributed by atoms with E-state index in [-0.39, 0.29) is 17.4 Å². The van der Waals surface area contributed by atoms with Gasteiger partial charge in [-0.15, -0.1) is 10.2 Å². The van der Waals surface area contributed by atoms with Crippen LogP contribution in [0.2, 0.25) is 0 Å². The molecule has 1 aromatic rings. The minimum Gasteiger partial charge on any atom is -0.359 e. The van der Waals surface area contributed by atoms with E-state index in [1.54, 1.807) is 0 Å². The lowest BCUT2D eigenvalue weighted by molar-refractivity contribution is -0.138. The number of nitrogens with one attached hydrogen (secondary N) is 1. The second kappa shape index (κ2) is 4.53. The van der Waals surface area contributed by atoms with Crippen LogP contribution in [0.1, 0.15) is 5.01 Å². The van der Waals surface area contributed by atoms with Gasteiger partial charge in [0, 0.05) is 12.8 Å². The molecule has 0 amide bonds. The predicted molar refractivity (Wildman–Crippen MR) is 53.1 cm³/mol. The van der Waals surface area contributed by atoms with Crippen molar-refractivity contribution in [3.05, 3.63) is 5.01 Å². The van der Waals surface area contributed by atoms with Crippen LogP contribution >= 0.6 is 11.3 Å². The average molecular weight is 275 g/mol. The maximum absolute atomic E-state index is 12.1. The maximum atomic E-state index is 12.1. The molecule has 0 atom stereocenters. The SMILES string of the molecule is CS(=O)(=O)CCNc1nnc(C(F)(F)F)s1. The normalized spacial score (nSPS) is 12.8. The Kier molecular flexibility index (Phi) is 3.73. The molecule has 1 rings (SSSR count). The summed E-state index contributed by atoms with van der Waals surface area (Å²) < 4.78 is 57.8. The monoisotopic (exact) mass is 275 g/mol. The van der Waals surface area contributed by atoms with Crippen molar-refractivity contribution in [3.8, 4) is 0 Å². The van der Waals surface area contributed by atoms with E-state index in [1.165, 1.54) is 0 Å². The summed E-state index contributed by atoms with van der Waals surface area (Å²) >= 11 is 0.337. The van der Waals surface area contributed by atoms with E-state index in [0.29, 0.717) is 11.3 Å². The Bertz CT molecular complexity index is 454. The number of halogens is 3. The number of hydrogen-bond acceptors (Lipinski definition) is 6. The first kappa shape index (κ1) is 13.2. The molecule has 0 unspecified atom stereocenters. The van der Waals surface area contributed by atoms with E-state index in [4.69, 9.17) is 0 Å². The number of aromatic nitrogens is 2. The van der Waals surface area contributed by atoms with Crippen LogP contribution in [0.25, 0.3) is 0 Å². The van der Waals surface area contributed by atoms with Crippen LogP contribution in [0.5, 0.6) is 0 Å². The number of rotatable bonds is 4. The molecule has 92 valence electrons. The molecule has 0 radical (unpaired) electrons. The van der Waals surface area contributed by atoms with Gasteiger partial charge < -0.3 is 5.32 Å². The summed E-state index contributed by atoms with van der Waals surface area (Å²) in [6.07, 6.45) is -3.48. The van der Waals surface area contributed by atoms with E-state index in [9.17, 15) is 21.6 Å². The van der Waals surface area contributed by atoms with Crippen molar-refractivity contribution in [1.29, 1.82) is 0 Å². The minimum atomic E-state index is -4.52. The van der Waals surface area contributed by atoms with E-state index in [0.717, 1.165) is 6.26 Å². The Morgan fingerprint density at radius 1 is 1.38 bits per heavy atom. The lowest BCUT2D eigenvalue weighted by Crippen LogP contribution is -2.13. The van der Waals surface area contributed by atoms with Crippen LogP contribution in [0.3, 0.4) is 0 Å². The molecule has 0 saturated carbocycles. The first-order chi connectivity index (χ1) is 7.18. The highest BCUT2D eigenvalue weighted by Gasteiger charge is 2.35. The average Bonchev–Trinajstić information content (AvgIpc) is 2.49. The molecule has 10 heteroatoms. The third-order valence-electron chi connectivity index (χ3n) is 1.42. The third kappa shape index (κ3) is 4.31. The zero-order valence-electron chi connectivity index (χ0n) is 8.08. The summed E-state index contributed by atoms with van der Waals surface area (Å²) in [5, 5.41) is 7.53. The summed E-state index contributed by atoms with van der Waals surface area (Å²) in [7, 11) is -3.14. The lowest BCUT2D eigenvalue weighted by atomic mass is 10.7. The number of alkyl halides is 3. The summed E-state index contributed by atoms with van der Waals surface area (Å²) in [4.78, 5) is 0. The molecule has 0 saturated heterocycles. The summed E-state index contributed by atoms with van der Waals surface area (Å²) in [6.45, 7) is 0.00528. The second-order valence-corrected chi connectivity index (χ2v) is 6.20. The van der Waals surface area contributed by atoms with Crippen LogP contribution in [0.4, 0.5) is 18.3 Å². The summed E-state index contributed by atoms with van der Waals surface area (Å²) in [6, 6.07) is 0. The van der Waals surface area contributed by atoms with Crippen LogP contribution in [-0.4, -0.2) is 37.2 Å². The van der Waals surface area contributed by atoms with E-state index in [2.05, 4.69) is 15.5 Å². The van der Waals surface area contributed by atoms with Gasteiger partial charge in [0.2, 0.25) is 10.1 Å². The van der Waals surface area contributed by atoms with Crippen LogP contribution in [0.15, 0.2) is 0 Å². The first-order valence-corrected chi connectivity index (χ1v) is 6.88. The van der Waals surface area contributed by atoms with Gasteiger partial charge in [-0.05, 0) is 0 Å². The van der Waals surface area contributed by atoms with Gasteiger partial charge in [-0.25, -0.2) is 8.42 Å².